The third kappa shape index (κ3) is 3.95. The Bertz CT molecular complexity index is 322. The van der Waals surface area contributed by atoms with Crippen molar-refractivity contribution >= 4 is 0 Å². The lowest BCUT2D eigenvalue weighted by molar-refractivity contribution is 0.128. The van der Waals surface area contributed by atoms with Gasteiger partial charge >= 0.3 is 0 Å². The molecular weight excluding hydrogens is 198 g/mol. The predicted molar refractivity (Wildman–Crippen MR) is 68.2 cm³/mol. The van der Waals surface area contributed by atoms with E-state index in [1.54, 1.807) is 0 Å². The summed E-state index contributed by atoms with van der Waals surface area (Å²) in [5, 5.41) is 9.99. The highest BCUT2D eigenvalue weighted by atomic mass is 16.3. The summed E-state index contributed by atoms with van der Waals surface area (Å²) in [6, 6.07) is 7.79. The fraction of sp³-hybridized carbons (Fsp3) is 0.571. The Labute approximate surface area is 98.5 Å². The lowest BCUT2D eigenvalue weighted by Gasteiger charge is -2.20. The van der Waals surface area contributed by atoms with Crippen LogP contribution in [0.3, 0.4) is 0 Å². The van der Waals surface area contributed by atoms with Crippen LogP contribution in [-0.2, 0) is 0 Å². The number of rotatable bonds is 5. The minimum absolute atomic E-state index is 0.265. The molecule has 16 heavy (non-hydrogen) atoms. The number of aliphatic hydroxyl groups excluding tert-OH is 1. The fourth-order valence-corrected chi connectivity index (χ4v) is 1.78. The van der Waals surface area contributed by atoms with Crippen LogP contribution in [0.2, 0.25) is 0 Å². The Morgan fingerprint density at radius 2 is 1.94 bits per heavy atom. The van der Waals surface area contributed by atoms with Gasteiger partial charge in [-0.15, -0.1) is 0 Å². The lowest BCUT2D eigenvalue weighted by atomic mass is 9.95. The molecule has 0 aromatic heterocycles. The molecular formula is C14H23NO. The monoisotopic (exact) mass is 221 g/mol. The minimum atomic E-state index is -0.441. The average molecular weight is 221 g/mol. The van der Waals surface area contributed by atoms with Gasteiger partial charge in [-0.25, -0.2) is 0 Å². The fourth-order valence-electron chi connectivity index (χ4n) is 1.78. The summed E-state index contributed by atoms with van der Waals surface area (Å²) in [4.78, 5) is 0. The maximum Gasteiger partial charge on any atom is 0.0732 e. The molecule has 1 rings (SSSR count). The van der Waals surface area contributed by atoms with E-state index in [1.807, 2.05) is 31.2 Å². The van der Waals surface area contributed by atoms with E-state index in [-0.39, 0.29) is 6.04 Å². The molecule has 0 fully saturated rings. The molecule has 0 heterocycles. The zero-order chi connectivity index (χ0) is 12.1. The molecule has 0 saturated carbocycles. The molecule has 0 aliphatic heterocycles. The highest BCUT2D eigenvalue weighted by molar-refractivity contribution is 5.25. The Morgan fingerprint density at radius 3 is 2.50 bits per heavy atom. The van der Waals surface area contributed by atoms with Crippen molar-refractivity contribution in [2.45, 2.75) is 45.8 Å². The Hall–Kier alpha value is -0.860. The van der Waals surface area contributed by atoms with E-state index < -0.39 is 6.10 Å². The van der Waals surface area contributed by atoms with Gasteiger partial charge in [0.1, 0.15) is 0 Å². The highest BCUT2D eigenvalue weighted by Crippen LogP contribution is 2.20. The highest BCUT2D eigenvalue weighted by Gasteiger charge is 2.16. The summed E-state index contributed by atoms with van der Waals surface area (Å²) in [5.74, 6) is 0.611. The maximum absolute atomic E-state index is 9.99. The van der Waals surface area contributed by atoms with Gasteiger partial charge in [0.05, 0.1) is 12.1 Å². The number of aryl methyl sites for hydroxylation is 1. The Morgan fingerprint density at radius 1 is 1.25 bits per heavy atom. The van der Waals surface area contributed by atoms with Crippen LogP contribution in [0.25, 0.3) is 0 Å². The third-order valence-electron chi connectivity index (χ3n) is 2.88. The second-order valence-corrected chi connectivity index (χ2v) is 4.98. The van der Waals surface area contributed by atoms with Crippen LogP contribution in [0, 0.1) is 12.8 Å². The molecule has 0 aliphatic rings. The van der Waals surface area contributed by atoms with Gasteiger partial charge in [-0.1, -0.05) is 43.7 Å². The van der Waals surface area contributed by atoms with Crippen molar-refractivity contribution in [2.75, 3.05) is 0 Å². The summed E-state index contributed by atoms with van der Waals surface area (Å²) in [7, 11) is 0. The second-order valence-electron chi connectivity index (χ2n) is 4.98. The van der Waals surface area contributed by atoms with E-state index in [1.165, 1.54) is 5.56 Å². The lowest BCUT2D eigenvalue weighted by Crippen LogP contribution is -2.26. The number of hydrogen-bond donors (Lipinski definition) is 2. The van der Waals surface area contributed by atoms with Gasteiger partial charge in [-0.05, 0) is 31.2 Å². The van der Waals surface area contributed by atoms with Gasteiger partial charge in [0, 0.05) is 0 Å². The topological polar surface area (TPSA) is 46.2 Å². The summed E-state index contributed by atoms with van der Waals surface area (Å²) >= 11 is 0. The molecule has 0 saturated heterocycles. The van der Waals surface area contributed by atoms with Crippen LogP contribution in [0.5, 0.6) is 0 Å². The van der Waals surface area contributed by atoms with Crippen molar-refractivity contribution < 1.29 is 5.11 Å². The van der Waals surface area contributed by atoms with E-state index in [0.717, 1.165) is 18.4 Å². The van der Waals surface area contributed by atoms with Gasteiger partial charge in [-0.2, -0.15) is 0 Å². The number of aliphatic hydroxyl groups is 1. The van der Waals surface area contributed by atoms with Crippen molar-refractivity contribution in [3.05, 3.63) is 35.4 Å². The van der Waals surface area contributed by atoms with Crippen LogP contribution in [0.4, 0.5) is 0 Å². The molecule has 2 nitrogen and oxygen atoms in total. The van der Waals surface area contributed by atoms with Gasteiger partial charge in [0.2, 0.25) is 0 Å². The van der Waals surface area contributed by atoms with Crippen molar-refractivity contribution in [3.63, 3.8) is 0 Å². The molecule has 0 aliphatic carbocycles. The van der Waals surface area contributed by atoms with E-state index in [9.17, 15) is 5.11 Å². The zero-order valence-corrected chi connectivity index (χ0v) is 10.5. The standard InChI is InChI=1S/C14H23NO/c1-10(2)7-8-13(16)14(15)12-6-4-5-11(3)9-12/h4-6,9-10,13-14,16H,7-8,15H2,1-3H3/t13-,14+/m0/s1. The molecule has 0 bridgehead atoms. The first kappa shape index (κ1) is 13.2. The minimum Gasteiger partial charge on any atom is -0.391 e. The first-order chi connectivity index (χ1) is 7.50. The molecule has 90 valence electrons. The number of hydrogen-bond acceptors (Lipinski definition) is 2. The third-order valence-corrected chi connectivity index (χ3v) is 2.88. The molecule has 0 radical (unpaired) electrons. The summed E-state index contributed by atoms with van der Waals surface area (Å²) < 4.78 is 0. The van der Waals surface area contributed by atoms with Crippen molar-refractivity contribution in [1.29, 1.82) is 0 Å². The van der Waals surface area contributed by atoms with Gasteiger partial charge in [-0.3, -0.25) is 0 Å². The normalized spacial score (nSPS) is 15.1. The Balaban J connectivity index is 2.59. The molecule has 2 atom stereocenters. The SMILES string of the molecule is Cc1cccc([C@@H](N)[C@@H](O)CCC(C)C)c1. The van der Waals surface area contributed by atoms with E-state index >= 15 is 0 Å². The van der Waals surface area contributed by atoms with Crippen LogP contribution < -0.4 is 5.73 Å². The predicted octanol–water partition coefficient (Wildman–Crippen LogP) is 2.79. The van der Waals surface area contributed by atoms with Crippen LogP contribution in [0.15, 0.2) is 24.3 Å². The van der Waals surface area contributed by atoms with Crippen LogP contribution in [0.1, 0.15) is 43.9 Å². The van der Waals surface area contributed by atoms with E-state index in [0.29, 0.717) is 5.92 Å². The smallest absolute Gasteiger partial charge is 0.0732 e. The summed E-state index contributed by atoms with van der Waals surface area (Å²) in [6.45, 7) is 6.35. The van der Waals surface area contributed by atoms with Gasteiger partial charge in [0.15, 0.2) is 0 Å². The van der Waals surface area contributed by atoms with E-state index in [2.05, 4.69) is 13.8 Å². The van der Waals surface area contributed by atoms with Crippen molar-refractivity contribution in [3.8, 4) is 0 Å². The van der Waals surface area contributed by atoms with E-state index in [4.69, 9.17) is 5.73 Å². The summed E-state index contributed by atoms with van der Waals surface area (Å²) in [6.07, 6.45) is 1.34. The number of nitrogens with two attached hydrogens (primary N) is 1. The van der Waals surface area contributed by atoms with Crippen LogP contribution in [-0.4, -0.2) is 11.2 Å². The molecule has 2 heteroatoms. The first-order valence-corrected chi connectivity index (χ1v) is 6.01. The van der Waals surface area contributed by atoms with Crippen molar-refractivity contribution in [2.24, 2.45) is 11.7 Å². The summed E-state index contributed by atoms with van der Waals surface area (Å²) in [5.41, 5.74) is 8.25. The molecule has 0 amide bonds. The average Bonchev–Trinajstić information content (AvgIpc) is 2.24. The second kappa shape index (κ2) is 6.02. The van der Waals surface area contributed by atoms with Gasteiger partial charge < -0.3 is 10.8 Å². The number of benzene rings is 1. The molecule has 0 unspecified atom stereocenters. The molecule has 1 aromatic carbocycles. The quantitative estimate of drug-likeness (QED) is 0.803. The van der Waals surface area contributed by atoms with Gasteiger partial charge in [0.25, 0.3) is 0 Å². The molecule has 0 spiro atoms. The largest absolute Gasteiger partial charge is 0.391 e. The maximum atomic E-state index is 9.99. The first-order valence-electron chi connectivity index (χ1n) is 6.01. The molecule has 1 aromatic rings. The Kier molecular flexibility index (Phi) is 4.97. The van der Waals surface area contributed by atoms with Crippen LogP contribution >= 0.6 is 0 Å². The molecule has 3 N–H and O–H groups in total. The zero-order valence-electron chi connectivity index (χ0n) is 10.5. The van der Waals surface area contributed by atoms with Crippen molar-refractivity contribution in [1.82, 2.24) is 0 Å².